The van der Waals surface area contributed by atoms with Crippen molar-refractivity contribution in [3.05, 3.63) is 28.8 Å². The summed E-state index contributed by atoms with van der Waals surface area (Å²) >= 11 is 5.78. The van der Waals surface area contributed by atoms with Gasteiger partial charge in [-0.05, 0) is 18.2 Å². The summed E-state index contributed by atoms with van der Waals surface area (Å²) in [6, 6.07) is 4.34. The summed E-state index contributed by atoms with van der Waals surface area (Å²) in [5.74, 6) is 0.0197. The zero-order valence-corrected chi connectivity index (χ0v) is 8.92. The van der Waals surface area contributed by atoms with E-state index in [1.165, 1.54) is 18.2 Å². The molecule has 0 aromatic heterocycles. The highest BCUT2D eigenvalue weighted by atomic mass is 35.5. The van der Waals surface area contributed by atoms with E-state index < -0.39 is 12.9 Å². The minimum Gasteiger partial charge on any atom is -0.434 e. The second-order valence-corrected chi connectivity index (χ2v) is 3.57. The fraction of sp³-hybridized carbons (Fsp3) is 0.400. The average molecular weight is 251 g/mol. The van der Waals surface area contributed by atoms with Crippen LogP contribution in [-0.2, 0) is 9.47 Å². The zero-order chi connectivity index (χ0) is 11.5. The van der Waals surface area contributed by atoms with Crippen molar-refractivity contribution in [3.8, 4) is 5.75 Å². The van der Waals surface area contributed by atoms with Crippen molar-refractivity contribution in [1.82, 2.24) is 0 Å². The van der Waals surface area contributed by atoms with Crippen LogP contribution in [0.4, 0.5) is 8.78 Å². The van der Waals surface area contributed by atoms with Crippen molar-refractivity contribution in [3.63, 3.8) is 0 Å². The zero-order valence-electron chi connectivity index (χ0n) is 8.16. The summed E-state index contributed by atoms with van der Waals surface area (Å²) in [4.78, 5) is 0. The van der Waals surface area contributed by atoms with E-state index in [2.05, 4.69) is 4.74 Å². The maximum absolute atomic E-state index is 12.2. The lowest BCUT2D eigenvalue weighted by Gasteiger charge is -2.15. The Bertz CT molecular complexity index is 367. The predicted molar refractivity (Wildman–Crippen MR) is 52.7 cm³/mol. The molecule has 16 heavy (non-hydrogen) atoms. The summed E-state index contributed by atoms with van der Waals surface area (Å²) in [6.45, 7) is -2.04. The molecule has 0 unspecified atom stereocenters. The number of alkyl halides is 2. The molecule has 3 nitrogen and oxygen atoms in total. The Morgan fingerprint density at radius 2 is 2.00 bits per heavy atom. The molecule has 0 N–H and O–H groups in total. The van der Waals surface area contributed by atoms with Gasteiger partial charge in [0.1, 0.15) is 5.75 Å². The molecule has 1 fully saturated rings. The molecule has 1 saturated heterocycles. The van der Waals surface area contributed by atoms with Crippen molar-refractivity contribution >= 4 is 11.6 Å². The fourth-order valence-electron chi connectivity index (χ4n) is 1.44. The Morgan fingerprint density at radius 3 is 2.62 bits per heavy atom. The molecule has 0 atom stereocenters. The van der Waals surface area contributed by atoms with Crippen LogP contribution in [0, 0.1) is 0 Å². The molecule has 0 radical (unpaired) electrons. The van der Waals surface area contributed by atoms with Crippen molar-refractivity contribution in [2.75, 3.05) is 13.2 Å². The van der Waals surface area contributed by atoms with Gasteiger partial charge < -0.3 is 14.2 Å². The second kappa shape index (κ2) is 4.95. The maximum atomic E-state index is 12.2. The highest BCUT2D eigenvalue weighted by molar-refractivity contribution is 6.30. The normalized spacial score (nSPS) is 17.0. The van der Waals surface area contributed by atoms with Crippen LogP contribution in [-0.4, -0.2) is 19.8 Å². The van der Waals surface area contributed by atoms with E-state index in [1.54, 1.807) is 0 Å². The van der Waals surface area contributed by atoms with E-state index in [0.717, 1.165) is 0 Å². The fourth-order valence-corrected chi connectivity index (χ4v) is 1.63. The lowest BCUT2D eigenvalue weighted by Crippen LogP contribution is -2.07. The molecule has 88 valence electrons. The molecule has 0 amide bonds. The Balaban J connectivity index is 2.28. The molecular weight excluding hydrogens is 242 g/mol. The van der Waals surface area contributed by atoms with Crippen LogP contribution in [0.1, 0.15) is 11.9 Å². The van der Waals surface area contributed by atoms with Crippen LogP contribution in [0.3, 0.4) is 0 Å². The molecule has 1 heterocycles. The predicted octanol–water partition coefficient (Wildman–Crippen LogP) is 2.99. The summed E-state index contributed by atoms with van der Waals surface area (Å²) in [6.07, 6.45) is -0.688. The van der Waals surface area contributed by atoms with Crippen molar-refractivity contribution < 1.29 is 23.0 Å². The summed E-state index contributed by atoms with van der Waals surface area (Å²) < 4.78 is 39.1. The van der Waals surface area contributed by atoms with Gasteiger partial charge >= 0.3 is 6.61 Å². The van der Waals surface area contributed by atoms with Crippen molar-refractivity contribution in [2.45, 2.75) is 12.9 Å². The molecule has 0 bridgehead atoms. The monoisotopic (exact) mass is 250 g/mol. The SMILES string of the molecule is FC(F)Oc1ccc(Cl)cc1C1OCCO1. The van der Waals surface area contributed by atoms with Gasteiger partial charge in [0.25, 0.3) is 0 Å². The lowest BCUT2D eigenvalue weighted by molar-refractivity contribution is -0.0659. The number of hydrogen-bond donors (Lipinski definition) is 0. The Labute approximate surface area is 95.9 Å². The third-order valence-corrected chi connectivity index (χ3v) is 2.30. The van der Waals surface area contributed by atoms with E-state index in [-0.39, 0.29) is 5.75 Å². The first-order chi connectivity index (χ1) is 7.66. The van der Waals surface area contributed by atoms with Crippen molar-refractivity contribution in [1.29, 1.82) is 0 Å². The summed E-state index contributed by atoms with van der Waals surface area (Å²) in [5, 5.41) is 0.413. The average Bonchev–Trinajstić information content (AvgIpc) is 2.73. The molecular formula is C10H9ClF2O3. The first-order valence-electron chi connectivity index (χ1n) is 4.64. The van der Waals surface area contributed by atoms with E-state index in [0.29, 0.717) is 23.8 Å². The Hall–Kier alpha value is -0.910. The second-order valence-electron chi connectivity index (χ2n) is 3.13. The smallest absolute Gasteiger partial charge is 0.387 e. The van der Waals surface area contributed by atoms with Gasteiger partial charge in [-0.3, -0.25) is 0 Å². The third kappa shape index (κ3) is 2.61. The quantitative estimate of drug-likeness (QED) is 0.825. The van der Waals surface area contributed by atoms with Crippen LogP contribution in [0.5, 0.6) is 5.75 Å². The van der Waals surface area contributed by atoms with Gasteiger partial charge in [0.05, 0.1) is 18.8 Å². The van der Waals surface area contributed by atoms with Gasteiger partial charge in [-0.1, -0.05) is 11.6 Å². The molecule has 0 aliphatic carbocycles. The summed E-state index contributed by atoms with van der Waals surface area (Å²) in [5.41, 5.74) is 0.380. The summed E-state index contributed by atoms with van der Waals surface area (Å²) in [7, 11) is 0. The van der Waals surface area contributed by atoms with E-state index in [1.807, 2.05) is 0 Å². The van der Waals surface area contributed by atoms with Crippen LogP contribution in [0.2, 0.25) is 5.02 Å². The number of hydrogen-bond acceptors (Lipinski definition) is 3. The first-order valence-corrected chi connectivity index (χ1v) is 5.02. The van der Waals surface area contributed by atoms with Crippen LogP contribution >= 0.6 is 11.6 Å². The topological polar surface area (TPSA) is 27.7 Å². The van der Waals surface area contributed by atoms with Crippen LogP contribution in [0.15, 0.2) is 18.2 Å². The third-order valence-electron chi connectivity index (χ3n) is 2.06. The van der Waals surface area contributed by atoms with Crippen molar-refractivity contribution in [2.24, 2.45) is 0 Å². The van der Waals surface area contributed by atoms with E-state index >= 15 is 0 Å². The minimum atomic E-state index is -2.89. The lowest BCUT2D eigenvalue weighted by atomic mass is 10.2. The standard InChI is InChI=1S/C10H9ClF2O3/c11-6-1-2-8(16-10(12)13)7(5-6)9-14-3-4-15-9/h1-2,5,9-10H,3-4H2. The molecule has 1 aliphatic rings. The molecule has 0 spiro atoms. The number of halogens is 3. The molecule has 1 aromatic rings. The Morgan fingerprint density at radius 1 is 1.31 bits per heavy atom. The number of ether oxygens (including phenoxy) is 3. The van der Waals surface area contributed by atoms with Gasteiger partial charge in [0.2, 0.25) is 0 Å². The molecule has 1 aromatic carbocycles. The maximum Gasteiger partial charge on any atom is 0.387 e. The van der Waals surface area contributed by atoms with Gasteiger partial charge in [0, 0.05) is 5.02 Å². The van der Waals surface area contributed by atoms with Crippen LogP contribution < -0.4 is 4.74 Å². The molecule has 1 aliphatic heterocycles. The molecule has 2 rings (SSSR count). The number of benzene rings is 1. The minimum absolute atomic E-state index is 0.0197. The highest BCUT2D eigenvalue weighted by Crippen LogP contribution is 2.34. The number of rotatable bonds is 3. The largest absolute Gasteiger partial charge is 0.434 e. The first kappa shape index (κ1) is 11.6. The van der Waals surface area contributed by atoms with Gasteiger partial charge in [-0.2, -0.15) is 8.78 Å². The van der Waals surface area contributed by atoms with Gasteiger partial charge in [0.15, 0.2) is 6.29 Å². The Kier molecular flexibility index (Phi) is 3.58. The van der Waals surface area contributed by atoms with Gasteiger partial charge in [-0.25, -0.2) is 0 Å². The highest BCUT2D eigenvalue weighted by Gasteiger charge is 2.23. The molecule has 0 saturated carbocycles. The van der Waals surface area contributed by atoms with E-state index in [9.17, 15) is 8.78 Å². The van der Waals surface area contributed by atoms with Crippen LogP contribution in [0.25, 0.3) is 0 Å². The van der Waals surface area contributed by atoms with Gasteiger partial charge in [-0.15, -0.1) is 0 Å². The molecule has 6 heteroatoms. The van der Waals surface area contributed by atoms with E-state index in [4.69, 9.17) is 21.1 Å².